The van der Waals surface area contributed by atoms with Crippen molar-refractivity contribution in [3.05, 3.63) is 41.7 Å². The van der Waals surface area contributed by atoms with Crippen LogP contribution in [0.3, 0.4) is 0 Å². The summed E-state index contributed by atoms with van der Waals surface area (Å²) in [6, 6.07) is 5.83. The number of aliphatic hydroxyl groups is 1. The van der Waals surface area contributed by atoms with E-state index in [4.69, 9.17) is 0 Å². The third-order valence-electron chi connectivity index (χ3n) is 3.05. The monoisotopic (exact) mass is 308 g/mol. The second-order valence-electron chi connectivity index (χ2n) is 5.94. The van der Waals surface area contributed by atoms with Gasteiger partial charge in [-0.1, -0.05) is 12.1 Å². The summed E-state index contributed by atoms with van der Waals surface area (Å²) >= 11 is 0. The van der Waals surface area contributed by atoms with E-state index in [0.717, 1.165) is 16.8 Å². The molecule has 1 aromatic carbocycles. The van der Waals surface area contributed by atoms with E-state index in [9.17, 15) is 13.5 Å². The number of hydrogen-bond donors (Lipinski definition) is 1. The molecule has 1 heterocycles. The van der Waals surface area contributed by atoms with Crippen LogP contribution >= 0.6 is 0 Å². The normalized spacial score (nSPS) is 12.6. The summed E-state index contributed by atoms with van der Waals surface area (Å²) in [5.41, 5.74) is 1.47. The first kappa shape index (κ1) is 15.7. The SMILES string of the molecule is Cc1ccc(C)c(-n2ccnc2S(=O)(=O)CC(C)(C)O)c1. The first-order valence-electron chi connectivity index (χ1n) is 6.66. The van der Waals surface area contributed by atoms with Crippen LogP contribution in [0.15, 0.2) is 35.7 Å². The molecule has 0 fully saturated rings. The van der Waals surface area contributed by atoms with Gasteiger partial charge in [-0.3, -0.25) is 4.57 Å². The Kier molecular flexibility index (Phi) is 3.95. The van der Waals surface area contributed by atoms with E-state index in [1.165, 1.54) is 20.0 Å². The third kappa shape index (κ3) is 3.51. The molecule has 0 saturated carbocycles. The Labute approximate surface area is 125 Å². The van der Waals surface area contributed by atoms with Gasteiger partial charge in [-0.2, -0.15) is 0 Å². The Morgan fingerprint density at radius 3 is 2.57 bits per heavy atom. The first-order valence-corrected chi connectivity index (χ1v) is 8.31. The number of imidazole rings is 1. The molecule has 0 atom stereocenters. The summed E-state index contributed by atoms with van der Waals surface area (Å²) in [6.07, 6.45) is 3.08. The van der Waals surface area contributed by atoms with Crippen LogP contribution in [0.5, 0.6) is 0 Å². The van der Waals surface area contributed by atoms with Crippen molar-refractivity contribution in [2.75, 3.05) is 5.75 Å². The Morgan fingerprint density at radius 1 is 1.29 bits per heavy atom. The Morgan fingerprint density at radius 2 is 1.95 bits per heavy atom. The highest BCUT2D eigenvalue weighted by Crippen LogP contribution is 2.22. The lowest BCUT2D eigenvalue weighted by atomic mass is 10.1. The van der Waals surface area contributed by atoms with Crippen LogP contribution in [0.25, 0.3) is 5.69 Å². The van der Waals surface area contributed by atoms with Crippen LogP contribution in [0, 0.1) is 13.8 Å². The number of benzene rings is 1. The van der Waals surface area contributed by atoms with E-state index in [-0.39, 0.29) is 10.9 Å². The molecule has 2 rings (SSSR count). The Hall–Kier alpha value is -1.66. The molecule has 0 aliphatic heterocycles. The molecule has 2 aromatic rings. The Bertz CT molecular complexity index is 755. The zero-order chi connectivity index (χ0) is 15.8. The van der Waals surface area contributed by atoms with Crippen molar-refractivity contribution in [2.45, 2.75) is 38.5 Å². The molecule has 0 bridgehead atoms. The lowest BCUT2D eigenvalue weighted by molar-refractivity contribution is 0.105. The maximum absolute atomic E-state index is 12.5. The fourth-order valence-corrected chi connectivity index (χ4v) is 3.95. The van der Waals surface area contributed by atoms with Crippen LogP contribution < -0.4 is 0 Å². The number of rotatable bonds is 4. The summed E-state index contributed by atoms with van der Waals surface area (Å²) in [6.45, 7) is 6.80. The van der Waals surface area contributed by atoms with Crippen molar-refractivity contribution < 1.29 is 13.5 Å². The minimum atomic E-state index is -3.68. The molecule has 0 radical (unpaired) electrons. The van der Waals surface area contributed by atoms with Crippen molar-refractivity contribution in [1.29, 1.82) is 0 Å². The molecule has 0 spiro atoms. The molecule has 21 heavy (non-hydrogen) atoms. The quantitative estimate of drug-likeness (QED) is 0.938. The highest BCUT2D eigenvalue weighted by molar-refractivity contribution is 7.91. The fourth-order valence-electron chi connectivity index (χ4n) is 2.21. The minimum absolute atomic E-state index is 0.0432. The van der Waals surface area contributed by atoms with Crippen LogP contribution in [-0.4, -0.2) is 34.4 Å². The molecule has 1 N–H and O–H groups in total. The van der Waals surface area contributed by atoms with Crippen molar-refractivity contribution in [2.24, 2.45) is 0 Å². The highest BCUT2D eigenvalue weighted by atomic mass is 32.2. The summed E-state index contributed by atoms with van der Waals surface area (Å²) < 4.78 is 26.5. The van der Waals surface area contributed by atoms with Gasteiger partial charge in [-0.15, -0.1) is 0 Å². The number of nitrogens with zero attached hydrogens (tertiary/aromatic N) is 2. The maximum Gasteiger partial charge on any atom is 0.232 e. The van der Waals surface area contributed by atoms with Gasteiger partial charge in [0.05, 0.1) is 17.0 Å². The molecule has 1 aromatic heterocycles. The lowest BCUT2D eigenvalue weighted by Crippen LogP contribution is -2.31. The number of sulfone groups is 1. The summed E-state index contributed by atoms with van der Waals surface area (Å²) in [5, 5.41) is 9.75. The second-order valence-corrected chi connectivity index (χ2v) is 7.82. The van der Waals surface area contributed by atoms with Crippen LogP contribution in [0.1, 0.15) is 25.0 Å². The summed E-state index contributed by atoms with van der Waals surface area (Å²) in [5.74, 6) is -0.373. The number of aryl methyl sites for hydroxylation is 2. The van der Waals surface area contributed by atoms with Crippen LogP contribution in [-0.2, 0) is 9.84 Å². The van der Waals surface area contributed by atoms with E-state index >= 15 is 0 Å². The summed E-state index contributed by atoms with van der Waals surface area (Å²) in [4.78, 5) is 3.98. The summed E-state index contributed by atoms with van der Waals surface area (Å²) in [7, 11) is -3.68. The van der Waals surface area contributed by atoms with Gasteiger partial charge in [0.1, 0.15) is 0 Å². The van der Waals surface area contributed by atoms with Gasteiger partial charge < -0.3 is 5.11 Å². The number of hydrogen-bond acceptors (Lipinski definition) is 4. The predicted molar refractivity (Wildman–Crippen MR) is 81.4 cm³/mol. The highest BCUT2D eigenvalue weighted by Gasteiger charge is 2.29. The zero-order valence-electron chi connectivity index (χ0n) is 12.7. The molecule has 0 aliphatic carbocycles. The van der Waals surface area contributed by atoms with Crippen molar-refractivity contribution >= 4 is 9.84 Å². The van der Waals surface area contributed by atoms with Gasteiger partial charge in [-0.25, -0.2) is 13.4 Å². The lowest BCUT2D eigenvalue weighted by Gasteiger charge is -2.18. The number of aromatic nitrogens is 2. The van der Waals surface area contributed by atoms with Crippen molar-refractivity contribution in [3.8, 4) is 5.69 Å². The van der Waals surface area contributed by atoms with E-state index < -0.39 is 15.4 Å². The maximum atomic E-state index is 12.5. The second kappa shape index (κ2) is 5.27. The van der Waals surface area contributed by atoms with E-state index in [1.807, 2.05) is 32.0 Å². The molecule has 6 heteroatoms. The molecule has 114 valence electrons. The van der Waals surface area contributed by atoms with Gasteiger partial charge in [0.2, 0.25) is 15.0 Å². The van der Waals surface area contributed by atoms with Crippen molar-refractivity contribution in [3.63, 3.8) is 0 Å². The van der Waals surface area contributed by atoms with Crippen LogP contribution in [0.4, 0.5) is 0 Å². The van der Waals surface area contributed by atoms with Gasteiger partial charge in [0, 0.05) is 12.4 Å². The van der Waals surface area contributed by atoms with Gasteiger partial charge >= 0.3 is 0 Å². The standard InChI is InChI=1S/C15H20N2O3S/c1-11-5-6-12(2)13(9-11)17-8-7-16-14(17)21(19,20)10-15(3,4)18/h5-9,18H,10H2,1-4H3. The third-order valence-corrected chi connectivity index (χ3v) is 5.00. The zero-order valence-corrected chi connectivity index (χ0v) is 13.5. The molecule has 0 amide bonds. The first-order chi connectivity index (χ1) is 9.60. The Balaban J connectivity index is 2.56. The molecule has 0 aliphatic rings. The smallest absolute Gasteiger partial charge is 0.232 e. The van der Waals surface area contributed by atoms with Gasteiger partial charge in [0.25, 0.3) is 0 Å². The average Bonchev–Trinajstić information content (AvgIpc) is 2.79. The largest absolute Gasteiger partial charge is 0.389 e. The molecule has 0 saturated heterocycles. The van der Waals surface area contributed by atoms with Crippen LogP contribution in [0.2, 0.25) is 0 Å². The molecular weight excluding hydrogens is 288 g/mol. The molecular formula is C15H20N2O3S. The molecule has 5 nitrogen and oxygen atoms in total. The van der Waals surface area contributed by atoms with E-state index in [1.54, 1.807) is 10.8 Å². The molecule has 0 unspecified atom stereocenters. The topological polar surface area (TPSA) is 72.2 Å². The predicted octanol–water partition coefficient (Wildman–Crippen LogP) is 2.03. The fraction of sp³-hybridized carbons (Fsp3) is 0.400. The average molecular weight is 308 g/mol. The minimum Gasteiger partial charge on any atom is -0.389 e. The van der Waals surface area contributed by atoms with E-state index in [0.29, 0.717) is 0 Å². The van der Waals surface area contributed by atoms with Gasteiger partial charge in [-0.05, 0) is 44.9 Å². The van der Waals surface area contributed by atoms with Gasteiger partial charge in [0.15, 0.2) is 0 Å². The van der Waals surface area contributed by atoms with Crippen molar-refractivity contribution in [1.82, 2.24) is 9.55 Å². The van der Waals surface area contributed by atoms with E-state index in [2.05, 4.69) is 4.98 Å².